The van der Waals surface area contributed by atoms with E-state index in [-0.39, 0.29) is 17.9 Å². The van der Waals surface area contributed by atoms with Gasteiger partial charge in [-0.15, -0.1) is 0 Å². The number of hydrogen-bond acceptors (Lipinski definition) is 5. The number of hydrogen-bond donors (Lipinski definition) is 0. The highest BCUT2D eigenvalue weighted by Gasteiger charge is 2.32. The van der Waals surface area contributed by atoms with Crippen molar-refractivity contribution in [1.29, 1.82) is 0 Å². The summed E-state index contributed by atoms with van der Waals surface area (Å²) in [6.45, 7) is 5.21. The summed E-state index contributed by atoms with van der Waals surface area (Å²) in [7, 11) is 0. The van der Waals surface area contributed by atoms with Crippen LogP contribution in [0.3, 0.4) is 0 Å². The van der Waals surface area contributed by atoms with Crippen molar-refractivity contribution in [2.45, 2.75) is 32.7 Å². The highest BCUT2D eigenvalue weighted by molar-refractivity contribution is 9.10. The molecule has 5 nitrogen and oxygen atoms in total. The molecule has 1 aliphatic rings. The summed E-state index contributed by atoms with van der Waals surface area (Å²) in [6, 6.07) is 0.259. The molecule has 0 radical (unpaired) electrons. The average Bonchev–Trinajstić information content (AvgIpc) is 2.40. The Bertz CT molecular complexity index is 455. The van der Waals surface area contributed by atoms with E-state index in [0.717, 1.165) is 29.7 Å². The van der Waals surface area contributed by atoms with E-state index in [2.05, 4.69) is 37.7 Å². The molecular formula is C13H18BrN3O2. The van der Waals surface area contributed by atoms with Crippen molar-refractivity contribution in [2.24, 2.45) is 5.92 Å². The van der Waals surface area contributed by atoms with Crippen LogP contribution in [0.1, 0.15) is 26.7 Å². The molecule has 0 spiro atoms. The number of aromatic nitrogens is 2. The van der Waals surface area contributed by atoms with Crippen molar-refractivity contribution in [3.05, 3.63) is 17.0 Å². The number of carbonyl (C=O) groups excluding carboxylic acids is 1. The Hall–Kier alpha value is -1.17. The Balaban J connectivity index is 2.05. The maximum Gasteiger partial charge on any atom is 0.309 e. The first-order valence-electron chi connectivity index (χ1n) is 6.52. The van der Waals surface area contributed by atoms with Crippen LogP contribution >= 0.6 is 15.9 Å². The minimum absolute atomic E-state index is 0.00631. The summed E-state index contributed by atoms with van der Waals surface area (Å²) < 4.78 is 5.99. The van der Waals surface area contributed by atoms with Gasteiger partial charge in [-0.3, -0.25) is 4.79 Å². The molecule has 1 fully saturated rings. The molecule has 1 aliphatic heterocycles. The lowest BCUT2D eigenvalue weighted by molar-refractivity contribution is -0.149. The fourth-order valence-electron chi connectivity index (χ4n) is 2.48. The summed E-state index contributed by atoms with van der Waals surface area (Å²) in [4.78, 5) is 22.3. The van der Waals surface area contributed by atoms with Crippen LogP contribution in [0.2, 0.25) is 0 Å². The molecule has 2 heterocycles. The van der Waals surface area contributed by atoms with Gasteiger partial charge in [-0.1, -0.05) is 0 Å². The number of ether oxygens (including phenoxy) is 1. The van der Waals surface area contributed by atoms with Crippen LogP contribution in [-0.2, 0) is 9.53 Å². The van der Waals surface area contributed by atoms with E-state index in [1.165, 1.54) is 0 Å². The SMILES string of the molecule is CCOC(=O)C1CCN(c2ncncc2Br)C(C)C1. The summed E-state index contributed by atoms with van der Waals surface area (Å²) in [6.07, 6.45) is 4.89. The second-order valence-electron chi connectivity index (χ2n) is 4.71. The molecule has 0 aromatic carbocycles. The summed E-state index contributed by atoms with van der Waals surface area (Å²) in [5, 5.41) is 0. The van der Waals surface area contributed by atoms with Gasteiger partial charge < -0.3 is 9.64 Å². The summed E-state index contributed by atoms with van der Waals surface area (Å²) in [5.74, 6) is 0.826. The van der Waals surface area contributed by atoms with Gasteiger partial charge in [0.2, 0.25) is 0 Å². The number of nitrogens with zero attached hydrogens (tertiary/aromatic N) is 3. The van der Waals surface area contributed by atoms with E-state index in [1.54, 1.807) is 12.5 Å². The zero-order chi connectivity index (χ0) is 13.8. The predicted molar refractivity (Wildman–Crippen MR) is 75.9 cm³/mol. The van der Waals surface area contributed by atoms with Gasteiger partial charge in [0.15, 0.2) is 0 Å². The zero-order valence-corrected chi connectivity index (χ0v) is 12.8. The number of esters is 1. The molecule has 1 aromatic heterocycles. The van der Waals surface area contributed by atoms with E-state index < -0.39 is 0 Å². The van der Waals surface area contributed by atoms with Crippen LogP contribution in [0.5, 0.6) is 0 Å². The fraction of sp³-hybridized carbons (Fsp3) is 0.615. The van der Waals surface area contributed by atoms with E-state index in [0.29, 0.717) is 6.61 Å². The molecule has 0 N–H and O–H groups in total. The topological polar surface area (TPSA) is 55.3 Å². The summed E-state index contributed by atoms with van der Waals surface area (Å²) >= 11 is 3.47. The van der Waals surface area contributed by atoms with Crippen LogP contribution in [0, 0.1) is 5.92 Å². The lowest BCUT2D eigenvalue weighted by atomic mass is 9.91. The molecule has 2 unspecified atom stereocenters. The number of piperidine rings is 1. The third-order valence-corrected chi connectivity index (χ3v) is 3.98. The zero-order valence-electron chi connectivity index (χ0n) is 11.2. The van der Waals surface area contributed by atoms with Crippen molar-refractivity contribution in [2.75, 3.05) is 18.1 Å². The first kappa shape index (κ1) is 14.2. The minimum atomic E-state index is -0.0734. The van der Waals surface area contributed by atoms with E-state index >= 15 is 0 Å². The molecular weight excluding hydrogens is 310 g/mol. The second kappa shape index (κ2) is 6.32. The maximum absolute atomic E-state index is 11.8. The van der Waals surface area contributed by atoms with Gasteiger partial charge >= 0.3 is 5.97 Å². The molecule has 2 atom stereocenters. The second-order valence-corrected chi connectivity index (χ2v) is 5.56. The van der Waals surface area contributed by atoms with E-state index in [1.807, 2.05) is 6.92 Å². The molecule has 6 heteroatoms. The van der Waals surface area contributed by atoms with Crippen molar-refractivity contribution < 1.29 is 9.53 Å². The lowest BCUT2D eigenvalue weighted by Crippen LogP contribution is -2.43. The molecule has 0 aliphatic carbocycles. The monoisotopic (exact) mass is 327 g/mol. The Labute approximate surface area is 121 Å². The molecule has 0 saturated carbocycles. The van der Waals surface area contributed by atoms with Gasteiger partial charge in [0.1, 0.15) is 12.1 Å². The normalized spacial score (nSPS) is 23.2. The van der Waals surface area contributed by atoms with Gasteiger partial charge in [-0.05, 0) is 42.6 Å². The average molecular weight is 328 g/mol. The first-order valence-corrected chi connectivity index (χ1v) is 7.31. The first-order chi connectivity index (χ1) is 9.13. The third kappa shape index (κ3) is 3.23. The van der Waals surface area contributed by atoms with Gasteiger partial charge in [0.05, 0.1) is 17.0 Å². The summed E-state index contributed by atoms with van der Waals surface area (Å²) in [5.41, 5.74) is 0. The third-order valence-electron chi connectivity index (χ3n) is 3.42. The molecule has 1 aromatic rings. The quantitative estimate of drug-likeness (QED) is 0.798. The van der Waals surface area contributed by atoms with Crippen molar-refractivity contribution in [1.82, 2.24) is 9.97 Å². The van der Waals surface area contributed by atoms with Gasteiger partial charge in [0, 0.05) is 18.8 Å². The molecule has 104 valence electrons. The molecule has 0 bridgehead atoms. The number of anilines is 1. The fourth-order valence-corrected chi connectivity index (χ4v) is 2.93. The molecule has 19 heavy (non-hydrogen) atoms. The predicted octanol–water partition coefficient (Wildman–Crippen LogP) is 2.41. The van der Waals surface area contributed by atoms with Crippen LogP contribution in [-0.4, -0.2) is 35.1 Å². The van der Waals surface area contributed by atoms with Crippen molar-refractivity contribution in [3.8, 4) is 0 Å². The van der Waals surface area contributed by atoms with Gasteiger partial charge in [-0.25, -0.2) is 9.97 Å². The van der Waals surface area contributed by atoms with Crippen LogP contribution in [0.25, 0.3) is 0 Å². The smallest absolute Gasteiger partial charge is 0.309 e. The van der Waals surface area contributed by atoms with Crippen LogP contribution in [0.15, 0.2) is 17.0 Å². The number of halogens is 1. The van der Waals surface area contributed by atoms with E-state index in [4.69, 9.17) is 4.74 Å². The molecule has 2 rings (SSSR count). The Morgan fingerprint density at radius 1 is 1.63 bits per heavy atom. The number of carbonyl (C=O) groups is 1. The Morgan fingerprint density at radius 3 is 3.05 bits per heavy atom. The van der Waals surface area contributed by atoms with Gasteiger partial charge in [-0.2, -0.15) is 0 Å². The van der Waals surface area contributed by atoms with Crippen LogP contribution in [0.4, 0.5) is 5.82 Å². The lowest BCUT2D eigenvalue weighted by Gasteiger charge is -2.37. The standard InChI is InChI=1S/C13H18BrN3O2/c1-3-19-13(18)10-4-5-17(9(2)6-10)12-11(14)7-15-8-16-12/h7-10H,3-6H2,1-2H3. The Morgan fingerprint density at radius 2 is 2.42 bits per heavy atom. The maximum atomic E-state index is 11.8. The highest BCUT2D eigenvalue weighted by Crippen LogP contribution is 2.31. The molecule has 1 saturated heterocycles. The highest BCUT2D eigenvalue weighted by atomic mass is 79.9. The van der Waals surface area contributed by atoms with Crippen LogP contribution < -0.4 is 4.90 Å². The van der Waals surface area contributed by atoms with Crippen molar-refractivity contribution in [3.63, 3.8) is 0 Å². The molecule has 0 amide bonds. The minimum Gasteiger partial charge on any atom is -0.466 e. The Kier molecular flexibility index (Phi) is 4.74. The number of rotatable bonds is 3. The van der Waals surface area contributed by atoms with E-state index in [9.17, 15) is 4.79 Å². The largest absolute Gasteiger partial charge is 0.466 e. The van der Waals surface area contributed by atoms with Crippen molar-refractivity contribution >= 4 is 27.7 Å². The van der Waals surface area contributed by atoms with Gasteiger partial charge in [0.25, 0.3) is 0 Å².